The van der Waals surface area contributed by atoms with Crippen molar-refractivity contribution < 1.29 is 4.79 Å². The van der Waals surface area contributed by atoms with Crippen LogP contribution in [-0.2, 0) is 6.42 Å². The molecule has 0 aromatic heterocycles. The highest BCUT2D eigenvalue weighted by molar-refractivity contribution is 5.95. The fourth-order valence-corrected chi connectivity index (χ4v) is 3.30. The van der Waals surface area contributed by atoms with Gasteiger partial charge in [-0.05, 0) is 49.8 Å². The van der Waals surface area contributed by atoms with Crippen LogP contribution in [0.15, 0.2) is 18.2 Å². The zero-order chi connectivity index (χ0) is 13.2. The highest BCUT2D eigenvalue weighted by Gasteiger charge is 2.23. The Balaban J connectivity index is 1.66. The standard InChI is InChI=1S/C16H22N2O/c1-11(12-4-2-3-5-12)18-16(19)14-7-6-13-8-9-17-15(13)10-14/h6-7,10-12,17H,2-5,8-9H2,1H3,(H,18,19). The monoisotopic (exact) mass is 258 g/mol. The molecule has 19 heavy (non-hydrogen) atoms. The molecule has 1 aromatic rings. The molecular formula is C16H22N2O. The lowest BCUT2D eigenvalue weighted by molar-refractivity contribution is 0.0927. The van der Waals surface area contributed by atoms with E-state index >= 15 is 0 Å². The van der Waals surface area contributed by atoms with E-state index < -0.39 is 0 Å². The SMILES string of the molecule is CC(NC(=O)c1ccc2c(c1)NCC2)C1CCCC1. The summed E-state index contributed by atoms with van der Waals surface area (Å²) in [4.78, 5) is 12.3. The average molecular weight is 258 g/mol. The second-order valence-electron chi connectivity index (χ2n) is 5.86. The number of amides is 1. The van der Waals surface area contributed by atoms with Crippen molar-refractivity contribution >= 4 is 11.6 Å². The van der Waals surface area contributed by atoms with Crippen molar-refractivity contribution in [2.45, 2.75) is 45.1 Å². The minimum Gasteiger partial charge on any atom is -0.384 e. The highest BCUT2D eigenvalue weighted by atomic mass is 16.1. The first-order valence-electron chi connectivity index (χ1n) is 7.42. The van der Waals surface area contributed by atoms with Crippen LogP contribution in [0.1, 0.15) is 48.5 Å². The molecule has 0 radical (unpaired) electrons. The van der Waals surface area contributed by atoms with E-state index in [-0.39, 0.29) is 11.9 Å². The molecule has 3 heteroatoms. The maximum Gasteiger partial charge on any atom is 0.251 e. The fraction of sp³-hybridized carbons (Fsp3) is 0.562. The number of rotatable bonds is 3. The summed E-state index contributed by atoms with van der Waals surface area (Å²) in [7, 11) is 0. The van der Waals surface area contributed by atoms with E-state index in [0.717, 1.165) is 24.2 Å². The number of carbonyl (C=O) groups is 1. The lowest BCUT2D eigenvalue weighted by Crippen LogP contribution is -2.37. The summed E-state index contributed by atoms with van der Waals surface area (Å²) in [5.41, 5.74) is 3.22. The summed E-state index contributed by atoms with van der Waals surface area (Å²) in [5, 5.41) is 6.49. The van der Waals surface area contributed by atoms with Gasteiger partial charge in [0.2, 0.25) is 0 Å². The Kier molecular flexibility index (Phi) is 3.45. The number of carbonyl (C=O) groups excluding carboxylic acids is 1. The van der Waals surface area contributed by atoms with Crippen molar-refractivity contribution in [3.05, 3.63) is 29.3 Å². The number of fused-ring (bicyclic) bond motifs is 1. The maximum atomic E-state index is 12.3. The number of hydrogen-bond donors (Lipinski definition) is 2. The lowest BCUT2D eigenvalue weighted by atomic mass is 9.99. The summed E-state index contributed by atoms with van der Waals surface area (Å²) in [6, 6.07) is 6.29. The van der Waals surface area contributed by atoms with E-state index in [1.54, 1.807) is 0 Å². The Bertz CT molecular complexity index is 478. The van der Waals surface area contributed by atoms with E-state index in [0.29, 0.717) is 5.92 Å². The minimum absolute atomic E-state index is 0.0656. The number of hydrogen-bond acceptors (Lipinski definition) is 2. The number of nitrogens with one attached hydrogen (secondary N) is 2. The molecule has 1 amide bonds. The zero-order valence-corrected chi connectivity index (χ0v) is 11.5. The molecule has 3 nitrogen and oxygen atoms in total. The molecule has 0 saturated heterocycles. The molecule has 1 aromatic carbocycles. The van der Waals surface area contributed by atoms with Gasteiger partial charge in [0, 0.05) is 23.8 Å². The minimum atomic E-state index is 0.0656. The van der Waals surface area contributed by atoms with Gasteiger partial charge in [0.15, 0.2) is 0 Å². The predicted octanol–water partition coefficient (Wildman–Crippen LogP) is 2.96. The molecule has 1 atom stereocenters. The Morgan fingerprint density at radius 3 is 2.95 bits per heavy atom. The van der Waals surface area contributed by atoms with Gasteiger partial charge in [0.1, 0.15) is 0 Å². The van der Waals surface area contributed by atoms with Gasteiger partial charge in [-0.2, -0.15) is 0 Å². The lowest BCUT2D eigenvalue weighted by Gasteiger charge is -2.20. The van der Waals surface area contributed by atoms with E-state index in [9.17, 15) is 4.79 Å². The molecule has 1 aliphatic carbocycles. The van der Waals surface area contributed by atoms with Crippen LogP contribution in [0.3, 0.4) is 0 Å². The second-order valence-corrected chi connectivity index (χ2v) is 5.86. The Morgan fingerprint density at radius 2 is 2.16 bits per heavy atom. The second kappa shape index (κ2) is 5.24. The zero-order valence-electron chi connectivity index (χ0n) is 11.5. The molecule has 3 rings (SSSR count). The fourth-order valence-electron chi connectivity index (χ4n) is 3.30. The summed E-state index contributed by atoms with van der Waals surface area (Å²) < 4.78 is 0. The molecule has 2 aliphatic rings. The average Bonchev–Trinajstić information content (AvgIpc) is 3.09. The molecule has 1 aliphatic heterocycles. The van der Waals surface area contributed by atoms with Gasteiger partial charge in [-0.1, -0.05) is 18.9 Å². The largest absolute Gasteiger partial charge is 0.384 e. The van der Waals surface area contributed by atoms with E-state index in [1.165, 1.54) is 31.2 Å². The van der Waals surface area contributed by atoms with E-state index in [1.807, 2.05) is 12.1 Å². The molecule has 1 fully saturated rings. The smallest absolute Gasteiger partial charge is 0.251 e. The van der Waals surface area contributed by atoms with Gasteiger partial charge >= 0.3 is 0 Å². The summed E-state index contributed by atoms with van der Waals surface area (Å²) in [6.45, 7) is 3.12. The molecule has 0 bridgehead atoms. The van der Waals surface area contributed by atoms with Crippen LogP contribution in [0.25, 0.3) is 0 Å². The Hall–Kier alpha value is -1.51. The molecule has 102 valence electrons. The van der Waals surface area contributed by atoms with Crippen molar-refractivity contribution in [2.24, 2.45) is 5.92 Å². The van der Waals surface area contributed by atoms with Gasteiger partial charge in [-0.15, -0.1) is 0 Å². The molecular weight excluding hydrogens is 236 g/mol. The van der Waals surface area contributed by atoms with Crippen LogP contribution in [-0.4, -0.2) is 18.5 Å². The van der Waals surface area contributed by atoms with Crippen molar-refractivity contribution in [3.63, 3.8) is 0 Å². The third kappa shape index (κ3) is 2.60. The summed E-state index contributed by atoms with van der Waals surface area (Å²) >= 11 is 0. The number of anilines is 1. The van der Waals surface area contributed by atoms with Crippen LogP contribution >= 0.6 is 0 Å². The quantitative estimate of drug-likeness (QED) is 0.875. The normalized spacial score (nSPS) is 19.8. The van der Waals surface area contributed by atoms with Gasteiger partial charge < -0.3 is 10.6 Å². The Morgan fingerprint density at radius 1 is 1.37 bits per heavy atom. The van der Waals surface area contributed by atoms with Crippen molar-refractivity contribution in [1.82, 2.24) is 5.32 Å². The highest BCUT2D eigenvalue weighted by Crippen LogP contribution is 2.28. The van der Waals surface area contributed by atoms with Gasteiger partial charge in [-0.25, -0.2) is 0 Å². The van der Waals surface area contributed by atoms with Crippen LogP contribution < -0.4 is 10.6 Å². The molecule has 1 unspecified atom stereocenters. The predicted molar refractivity (Wildman–Crippen MR) is 77.5 cm³/mol. The maximum absolute atomic E-state index is 12.3. The molecule has 2 N–H and O–H groups in total. The van der Waals surface area contributed by atoms with Gasteiger partial charge in [0.25, 0.3) is 5.91 Å². The molecule has 1 heterocycles. The van der Waals surface area contributed by atoms with Crippen molar-refractivity contribution in [1.29, 1.82) is 0 Å². The summed E-state index contributed by atoms with van der Waals surface area (Å²) in [5.74, 6) is 0.729. The van der Waals surface area contributed by atoms with Crippen LogP contribution in [0.2, 0.25) is 0 Å². The topological polar surface area (TPSA) is 41.1 Å². The number of benzene rings is 1. The first-order valence-corrected chi connectivity index (χ1v) is 7.42. The summed E-state index contributed by atoms with van der Waals surface area (Å²) in [6.07, 6.45) is 6.21. The van der Waals surface area contributed by atoms with Gasteiger partial charge in [0.05, 0.1) is 0 Å². The van der Waals surface area contributed by atoms with E-state index in [4.69, 9.17) is 0 Å². The van der Waals surface area contributed by atoms with Crippen LogP contribution in [0, 0.1) is 5.92 Å². The molecule has 1 saturated carbocycles. The third-order valence-corrected chi connectivity index (χ3v) is 4.55. The first kappa shape index (κ1) is 12.5. The molecule has 0 spiro atoms. The Labute approximate surface area is 114 Å². The van der Waals surface area contributed by atoms with Crippen LogP contribution in [0.4, 0.5) is 5.69 Å². The van der Waals surface area contributed by atoms with Crippen LogP contribution in [0.5, 0.6) is 0 Å². The third-order valence-electron chi connectivity index (χ3n) is 4.55. The van der Waals surface area contributed by atoms with Gasteiger partial charge in [-0.3, -0.25) is 4.79 Å². The van der Waals surface area contributed by atoms with Crippen molar-refractivity contribution in [3.8, 4) is 0 Å². The van der Waals surface area contributed by atoms with E-state index in [2.05, 4.69) is 23.6 Å². The first-order chi connectivity index (χ1) is 9.24. The van der Waals surface area contributed by atoms with Crippen molar-refractivity contribution in [2.75, 3.05) is 11.9 Å².